The van der Waals surface area contributed by atoms with E-state index in [0.29, 0.717) is 6.42 Å². The zero-order chi connectivity index (χ0) is 29.8. The van der Waals surface area contributed by atoms with Crippen molar-refractivity contribution < 1.29 is 33.9 Å². The lowest BCUT2D eigenvalue weighted by Crippen LogP contribution is -2.59. The highest BCUT2D eigenvalue weighted by atomic mass is 32.1. The van der Waals surface area contributed by atoms with Crippen LogP contribution in [0.1, 0.15) is 38.0 Å². The Hall–Kier alpha value is -4.21. The van der Waals surface area contributed by atoms with Gasteiger partial charge >= 0.3 is 5.97 Å². The molecule has 1 aromatic heterocycles. The number of amides is 5. The summed E-state index contributed by atoms with van der Waals surface area (Å²) in [5.74, 6) is -5.69. The molecule has 0 spiro atoms. The molecule has 1 fully saturated rings. The third kappa shape index (κ3) is 10.5. The molecule has 1 aromatic rings. The Balaban J connectivity index is 2.40. The maximum absolute atomic E-state index is 13.4. The van der Waals surface area contributed by atoms with Gasteiger partial charge in [0.05, 0.1) is 13.0 Å². The van der Waals surface area contributed by atoms with Crippen molar-refractivity contribution in [3.8, 4) is 0 Å². The number of hydrogen-bond donors (Lipinski definition) is 8. The van der Waals surface area contributed by atoms with Crippen LogP contribution >= 0.6 is 11.3 Å². The Morgan fingerprint density at radius 3 is 2.27 bits per heavy atom. The predicted molar refractivity (Wildman–Crippen MR) is 146 cm³/mol. The minimum atomic E-state index is -1.53. The fourth-order valence-electron chi connectivity index (χ4n) is 3.85. The molecule has 10 N–H and O–H groups in total. The summed E-state index contributed by atoms with van der Waals surface area (Å²) in [6.07, 6.45) is -0.287. The van der Waals surface area contributed by atoms with Crippen molar-refractivity contribution in [3.63, 3.8) is 0 Å². The molecule has 0 saturated carbocycles. The number of hydrogen-bond acceptors (Lipinski definition) is 8. The number of aliphatic imine (C=N–C) groups is 1. The number of carbonyl (C=O) groups excluding carboxylic acids is 5. The standard InChI is InChI=1S/C24H36N8O7S/c1-12(2)19-23(39)30-14(6-3-7-27-24(25)26)20(36)28-11-17(33)29-16(10-18(34)35)21(37)31-15(22(38)32-19)9-13-5-4-8-40-13/h4-5,8,12,14-16,19H,3,6-7,9-11H2,1-2H3,(H,28,36)(H,29,33)(H,30,39)(H,31,37)(H,32,38)(H,34,35)(H4,25,26,27)/t14-,15-,16-,19+/m0/s1. The van der Waals surface area contributed by atoms with Crippen LogP contribution < -0.4 is 38.1 Å². The molecule has 15 nitrogen and oxygen atoms in total. The third-order valence-corrected chi connectivity index (χ3v) is 6.80. The zero-order valence-corrected chi connectivity index (χ0v) is 23.1. The highest BCUT2D eigenvalue weighted by Crippen LogP contribution is 2.13. The Morgan fingerprint density at radius 2 is 1.68 bits per heavy atom. The first-order valence-electron chi connectivity index (χ1n) is 12.6. The average molecular weight is 581 g/mol. The fourth-order valence-corrected chi connectivity index (χ4v) is 4.61. The summed E-state index contributed by atoms with van der Waals surface area (Å²) >= 11 is 1.34. The van der Waals surface area contributed by atoms with E-state index in [1.165, 1.54) is 11.3 Å². The minimum Gasteiger partial charge on any atom is -0.481 e. The average Bonchev–Trinajstić information content (AvgIpc) is 3.38. The number of carboxylic acid groups (broad SMARTS) is 1. The van der Waals surface area contributed by atoms with Crippen LogP contribution in [0.4, 0.5) is 0 Å². The highest BCUT2D eigenvalue weighted by molar-refractivity contribution is 7.09. The Morgan fingerprint density at radius 1 is 1.00 bits per heavy atom. The second-order valence-corrected chi connectivity index (χ2v) is 10.6. The van der Waals surface area contributed by atoms with Gasteiger partial charge < -0.3 is 43.2 Å². The van der Waals surface area contributed by atoms with Crippen molar-refractivity contribution in [2.75, 3.05) is 13.1 Å². The summed E-state index contributed by atoms with van der Waals surface area (Å²) in [7, 11) is 0. The topological polar surface area (TPSA) is 247 Å². The number of carboxylic acids is 1. The number of nitrogens with one attached hydrogen (secondary N) is 5. The van der Waals surface area contributed by atoms with Crippen molar-refractivity contribution in [3.05, 3.63) is 22.4 Å². The first-order chi connectivity index (χ1) is 18.9. The van der Waals surface area contributed by atoms with Crippen LogP contribution in [0.2, 0.25) is 0 Å². The van der Waals surface area contributed by atoms with Crippen LogP contribution in [0.15, 0.2) is 22.5 Å². The second kappa shape index (κ2) is 15.4. The van der Waals surface area contributed by atoms with Gasteiger partial charge in [0.15, 0.2) is 5.96 Å². The number of aliphatic carboxylic acids is 1. The van der Waals surface area contributed by atoms with Crippen molar-refractivity contribution in [1.29, 1.82) is 0 Å². The van der Waals surface area contributed by atoms with Gasteiger partial charge in [-0.2, -0.15) is 0 Å². The van der Waals surface area contributed by atoms with E-state index in [4.69, 9.17) is 11.5 Å². The molecule has 0 bridgehead atoms. The maximum atomic E-state index is 13.4. The lowest BCUT2D eigenvalue weighted by molar-refractivity contribution is -0.141. The summed E-state index contributed by atoms with van der Waals surface area (Å²) in [4.78, 5) is 81.2. The van der Waals surface area contributed by atoms with E-state index in [1.807, 2.05) is 0 Å². The smallest absolute Gasteiger partial charge is 0.305 e. The summed E-state index contributed by atoms with van der Waals surface area (Å²) in [5.41, 5.74) is 10.7. The van der Waals surface area contributed by atoms with E-state index in [1.54, 1.807) is 31.4 Å². The van der Waals surface area contributed by atoms with Crippen molar-refractivity contribution >= 4 is 52.8 Å². The van der Waals surface area contributed by atoms with Crippen molar-refractivity contribution in [2.45, 2.75) is 63.7 Å². The monoisotopic (exact) mass is 580 g/mol. The predicted octanol–water partition coefficient (Wildman–Crippen LogP) is -2.46. The molecule has 0 aromatic carbocycles. The first kappa shape index (κ1) is 32.0. The van der Waals surface area contributed by atoms with Gasteiger partial charge in [-0.05, 0) is 30.2 Å². The highest BCUT2D eigenvalue weighted by Gasteiger charge is 2.34. The molecule has 4 atom stereocenters. The number of nitrogens with two attached hydrogens (primary N) is 2. The van der Waals surface area contributed by atoms with E-state index in [0.717, 1.165) is 4.88 Å². The molecule has 0 unspecified atom stereocenters. The van der Waals surface area contributed by atoms with Crippen molar-refractivity contribution in [2.24, 2.45) is 22.4 Å². The van der Waals surface area contributed by atoms with Crippen LogP contribution in [0.3, 0.4) is 0 Å². The molecule has 5 amide bonds. The van der Waals surface area contributed by atoms with Gasteiger partial charge in [0.1, 0.15) is 24.2 Å². The lowest BCUT2D eigenvalue weighted by Gasteiger charge is -2.27. The lowest BCUT2D eigenvalue weighted by atomic mass is 10.0. The molecular weight excluding hydrogens is 544 g/mol. The van der Waals surface area contributed by atoms with E-state index in [2.05, 4.69) is 31.6 Å². The zero-order valence-electron chi connectivity index (χ0n) is 22.3. The number of thiophene rings is 1. The molecule has 2 rings (SSSR count). The van der Waals surface area contributed by atoms with Gasteiger partial charge in [-0.15, -0.1) is 11.3 Å². The summed E-state index contributed by atoms with van der Waals surface area (Å²) < 4.78 is 0. The van der Waals surface area contributed by atoms with Crippen molar-refractivity contribution in [1.82, 2.24) is 26.6 Å². The van der Waals surface area contributed by atoms with Crippen LogP contribution in [0.5, 0.6) is 0 Å². The summed E-state index contributed by atoms with van der Waals surface area (Å²) in [6, 6.07) is -1.37. The quantitative estimate of drug-likeness (QED) is 0.0875. The molecular formula is C24H36N8O7S. The molecule has 0 radical (unpaired) electrons. The molecule has 1 aliphatic rings. The Bertz CT molecular complexity index is 1100. The number of nitrogens with zero attached hydrogens (tertiary/aromatic N) is 1. The molecule has 0 aliphatic carbocycles. The van der Waals surface area contributed by atoms with E-state index < -0.39 is 78.6 Å². The fraction of sp³-hybridized carbons (Fsp3) is 0.542. The molecule has 220 valence electrons. The summed E-state index contributed by atoms with van der Waals surface area (Å²) in [5, 5.41) is 23.5. The summed E-state index contributed by atoms with van der Waals surface area (Å²) in [6.45, 7) is 2.99. The van der Waals surface area contributed by atoms with E-state index >= 15 is 0 Å². The van der Waals surface area contributed by atoms with Gasteiger partial charge in [0.2, 0.25) is 29.5 Å². The van der Waals surface area contributed by atoms with Gasteiger partial charge in [0, 0.05) is 17.8 Å². The van der Waals surface area contributed by atoms with Crippen LogP contribution in [-0.2, 0) is 35.2 Å². The van der Waals surface area contributed by atoms with Gasteiger partial charge in [-0.1, -0.05) is 19.9 Å². The number of rotatable bonds is 9. The molecule has 40 heavy (non-hydrogen) atoms. The van der Waals surface area contributed by atoms with Gasteiger partial charge in [0.25, 0.3) is 0 Å². The Labute approximate surface area is 234 Å². The van der Waals surface area contributed by atoms with E-state index in [-0.39, 0.29) is 25.3 Å². The molecule has 1 saturated heterocycles. The molecule has 2 heterocycles. The van der Waals surface area contributed by atoms with Gasteiger partial charge in [-0.25, -0.2) is 0 Å². The SMILES string of the molecule is CC(C)[C@H]1NC(=O)[C@H](Cc2cccs2)NC(=O)[C@H](CC(=O)O)NC(=O)CNC(=O)[C@H](CCCN=C(N)N)NC1=O. The minimum absolute atomic E-state index is 0.0584. The normalized spacial score (nSPS) is 23.0. The van der Waals surface area contributed by atoms with Crippen LogP contribution in [-0.4, -0.2) is 83.8 Å². The van der Waals surface area contributed by atoms with Crippen LogP contribution in [0, 0.1) is 5.92 Å². The third-order valence-electron chi connectivity index (χ3n) is 5.90. The maximum Gasteiger partial charge on any atom is 0.305 e. The first-order valence-corrected chi connectivity index (χ1v) is 13.5. The largest absolute Gasteiger partial charge is 0.481 e. The molecule has 16 heteroatoms. The number of carbonyl (C=O) groups is 6. The Kier molecular flexibility index (Phi) is 12.3. The van der Waals surface area contributed by atoms with E-state index in [9.17, 15) is 33.9 Å². The molecule has 1 aliphatic heterocycles. The van der Waals surface area contributed by atoms with Crippen LogP contribution in [0.25, 0.3) is 0 Å². The second-order valence-electron chi connectivity index (χ2n) is 9.52. The number of guanidine groups is 1. The van der Waals surface area contributed by atoms with Gasteiger partial charge in [-0.3, -0.25) is 33.8 Å².